The van der Waals surface area contributed by atoms with Crippen molar-refractivity contribution < 1.29 is 112 Å². The molecule has 0 aromatic rings. The molecule has 83 heavy (non-hydrogen) atoms. The zero-order chi connectivity index (χ0) is 59.7. The molecular weight excluding hydrogens is 1110 g/mol. The largest absolute Gasteiger partial charge is 0.397 e. The van der Waals surface area contributed by atoms with Gasteiger partial charge in [-0.15, -0.1) is 0 Å². The first-order valence-electron chi connectivity index (χ1n) is 31.2. The second kappa shape index (κ2) is 75.3. The predicted octanol–water partition coefficient (Wildman–Crippen LogP) is 6.40. The Balaban J connectivity index is 3.09. The van der Waals surface area contributed by atoms with Crippen molar-refractivity contribution >= 4 is 10.4 Å². The Kier molecular flexibility index (Phi) is 74.5. The van der Waals surface area contributed by atoms with Crippen molar-refractivity contribution in [3.63, 3.8) is 0 Å². The molecule has 0 heterocycles. The minimum atomic E-state index is -4.44. The van der Waals surface area contributed by atoms with Gasteiger partial charge in [0.05, 0.1) is 264 Å². The monoisotopic (exact) mass is 1230 g/mol. The third-order valence-electron chi connectivity index (χ3n) is 11.7. The molecule has 0 aromatic heterocycles. The van der Waals surface area contributed by atoms with E-state index in [-0.39, 0.29) is 19.8 Å². The summed E-state index contributed by atoms with van der Waals surface area (Å²) in [5, 5.41) is 0. The SMILES string of the molecule is CCCCCCCCCCCCCCCCCCOCCOCCOCCOCCOCCOCCOCCOCCOCCOCCOCCOCCOCCOCCOCCOCCOCCOCCOCCOCCOS(=O)(=O)O. The summed E-state index contributed by atoms with van der Waals surface area (Å²) >= 11 is 0. The Labute approximate surface area is 501 Å². The zero-order valence-corrected chi connectivity index (χ0v) is 52.4. The predicted molar refractivity (Wildman–Crippen MR) is 313 cm³/mol. The first-order chi connectivity index (χ1) is 41.1. The van der Waals surface area contributed by atoms with Gasteiger partial charge in [0, 0.05) is 6.61 Å². The minimum Gasteiger partial charge on any atom is -0.379 e. The van der Waals surface area contributed by atoms with Crippen LogP contribution in [0.2, 0.25) is 0 Å². The highest BCUT2D eigenvalue weighted by molar-refractivity contribution is 7.80. The number of rotatable bonds is 78. The molecule has 0 aliphatic carbocycles. The molecule has 24 nitrogen and oxygen atoms in total. The van der Waals surface area contributed by atoms with Gasteiger partial charge in [-0.1, -0.05) is 103 Å². The van der Waals surface area contributed by atoms with E-state index in [4.69, 9.17) is 99.3 Å². The van der Waals surface area contributed by atoms with Crippen LogP contribution >= 0.6 is 0 Å². The Morgan fingerprint density at radius 2 is 0.301 bits per heavy atom. The normalized spacial score (nSPS) is 12.0. The van der Waals surface area contributed by atoms with Crippen LogP contribution in [0.5, 0.6) is 0 Å². The summed E-state index contributed by atoms with van der Waals surface area (Å²) in [6.07, 6.45) is 22.1. The highest BCUT2D eigenvalue weighted by Gasteiger charge is 2.04. The van der Waals surface area contributed by atoms with Gasteiger partial charge >= 0.3 is 10.4 Å². The molecule has 0 unspecified atom stereocenters. The average molecular weight is 1230 g/mol. The van der Waals surface area contributed by atoms with Gasteiger partial charge in [-0.05, 0) is 6.42 Å². The van der Waals surface area contributed by atoms with E-state index in [9.17, 15) is 8.42 Å². The van der Waals surface area contributed by atoms with Gasteiger partial charge in [-0.3, -0.25) is 4.55 Å². The molecule has 0 atom stereocenters. The van der Waals surface area contributed by atoms with E-state index in [0.717, 1.165) is 13.0 Å². The van der Waals surface area contributed by atoms with Crippen LogP contribution in [0.25, 0.3) is 0 Å². The topological polar surface area (TPSA) is 248 Å². The van der Waals surface area contributed by atoms with Crippen molar-refractivity contribution in [1.82, 2.24) is 0 Å². The number of hydrogen-bond acceptors (Lipinski definition) is 23. The average Bonchev–Trinajstić information content (AvgIpc) is 3.47. The zero-order valence-electron chi connectivity index (χ0n) is 51.6. The Hall–Kier alpha value is -0.930. The van der Waals surface area contributed by atoms with Crippen LogP contribution in [-0.2, 0) is 109 Å². The van der Waals surface area contributed by atoms with E-state index in [2.05, 4.69) is 11.1 Å². The van der Waals surface area contributed by atoms with Crippen molar-refractivity contribution in [3.8, 4) is 0 Å². The van der Waals surface area contributed by atoms with Crippen LogP contribution in [0.1, 0.15) is 110 Å². The summed E-state index contributed by atoms with van der Waals surface area (Å²) in [5.74, 6) is 0. The fourth-order valence-electron chi connectivity index (χ4n) is 7.23. The van der Waals surface area contributed by atoms with Gasteiger partial charge in [-0.2, -0.15) is 8.42 Å². The van der Waals surface area contributed by atoms with Crippen LogP contribution in [-0.4, -0.2) is 284 Å². The van der Waals surface area contributed by atoms with Gasteiger partial charge in [-0.25, -0.2) is 4.18 Å². The lowest BCUT2D eigenvalue weighted by Gasteiger charge is -2.09. The summed E-state index contributed by atoms with van der Waals surface area (Å²) < 4.78 is 143. The smallest absolute Gasteiger partial charge is 0.379 e. The quantitative estimate of drug-likeness (QED) is 0.0511. The van der Waals surface area contributed by atoms with E-state index >= 15 is 0 Å². The molecule has 0 rings (SSSR count). The van der Waals surface area contributed by atoms with Gasteiger partial charge < -0.3 is 94.7 Å². The molecular formula is C58H118O24S. The highest BCUT2D eigenvalue weighted by atomic mass is 32.3. The number of ether oxygens (including phenoxy) is 20. The van der Waals surface area contributed by atoms with E-state index < -0.39 is 10.4 Å². The molecule has 25 heteroatoms. The van der Waals surface area contributed by atoms with Crippen molar-refractivity contribution in [2.75, 3.05) is 271 Å². The van der Waals surface area contributed by atoms with Crippen molar-refractivity contribution in [2.45, 2.75) is 110 Å². The van der Waals surface area contributed by atoms with Gasteiger partial charge in [0.25, 0.3) is 0 Å². The fraction of sp³-hybridized carbons (Fsp3) is 1.00. The van der Waals surface area contributed by atoms with Gasteiger partial charge in [0.1, 0.15) is 0 Å². The summed E-state index contributed by atoms with van der Waals surface area (Å²) in [6.45, 7) is 21.1. The maximum atomic E-state index is 10.4. The van der Waals surface area contributed by atoms with Crippen molar-refractivity contribution in [3.05, 3.63) is 0 Å². The van der Waals surface area contributed by atoms with E-state index in [1.165, 1.54) is 96.3 Å². The first kappa shape index (κ1) is 82.1. The Morgan fingerprint density at radius 3 is 0.446 bits per heavy atom. The second-order valence-electron chi connectivity index (χ2n) is 18.8. The maximum absolute atomic E-state index is 10.4. The lowest BCUT2D eigenvalue weighted by molar-refractivity contribution is -0.0314. The number of hydrogen-bond donors (Lipinski definition) is 1. The summed E-state index contributed by atoms with van der Waals surface area (Å²) in [6, 6.07) is 0. The minimum absolute atomic E-state index is 0.0243. The molecule has 0 spiro atoms. The molecule has 0 aliphatic heterocycles. The van der Waals surface area contributed by atoms with E-state index in [0.29, 0.717) is 244 Å². The van der Waals surface area contributed by atoms with Gasteiger partial charge in [0.2, 0.25) is 0 Å². The van der Waals surface area contributed by atoms with Gasteiger partial charge in [0.15, 0.2) is 0 Å². The molecule has 0 bridgehead atoms. The van der Waals surface area contributed by atoms with E-state index in [1.807, 2.05) is 0 Å². The van der Waals surface area contributed by atoms with Crippen molar-refractivity contribution in [2.24, 2.45) is 0 Å². The second-order valence-corrected chi connectivity index (χ2v) is 19.9. The Bertz CT molecular complexity index is 1270. The highest BCUT2D eigenvalue weighted by Crippen LogP contribution is 2.14. The third-order valence-corrected chi connectivity index (χ3v) is 12.1. The van der Waals surface area contributed by atoms with Crippen molar-refractivity contribution in [1.29, 1.82) is 0 Å². The first-order valence-corrected chi connectivity index (χ1v) is 32.6. The molecule has 0 amide bonds. The van der Waals surface area contributed by atoms with Crippen LogP contribution in [0.4, 0.5) is 0 Å². The summed E-state index contributed by atoms with van der Waals surface area (Å²) in [4.78, 5) is 0. The van der Waals surface area contributed by atoms with Crippen LogP contribution < -0.4 is 0 Å². The number of unbranched alkanes of at least 4 members (excludes halogenated alkanes) is 15. The molecule has 500 valence electrons. The standard InChI is InChI=1S/C58H118O24S/c1-2-3-4-5-6-7-8-9-10-11-12-13-14-15-16-17-18-62-19-20-63-21-22-64-23-24-65-25-26-66-27-28-67-29-30-68-31-32-69-33-34-70-35-36-71-37-38-72-39-40-73-41-42-74-43-44-75-45-46-76-47-48-77-49-50-78-51-52-79-53-54-80-55-56-81-57-58-82-83(59,60)61/h2-58H2,1H3,(H,59,60,61). The molecule has 0 saturated heterocycles. The molecule has 0 radical (unpaired) electrons. The van der Waals surface area contributed by atoms with Crippen LogP contribution in [0.3, 0.4) is 0 Å². The summed E-state index contributed by atoms with van der Waals surface area (Å²) in [5.41, 5.74) is 0. The molecule has 0 aliphatic rings. The van der Waals surface area contributed by atoms with E-state index in [1.54, 1.807) is 0 Å². The molecule has 0 saturated carbocycles. The molecule has 0 aromatic carbocycles. The summed E-state index contributed by atoms with van der Waals surface area (Å²) in [7, 11) is -4.44. The Morgan fingerprint density at radius 1 is 0.181 bits per heavy atom. The lowest BCUT2D eigenvalue weighted by atomic mass is 10.0. The third kappa shape index (κ3) is 81.1. The van der Waals surface area contributed by atoms with Crippen LogP contribution in [0.15, 0.2) is 0 Å². The maximum Gasteiger partial charge on any atom is 0.397 e. The van der Waals surface area contributed by atoms with Crippen LogP contribution in [0, 0.1) is 0 Å². The molecule has 0 fully saturated rings. The lowest BCUT2D eigenvalue weighted by Crippen LogP contribution is -2.16. The fourth-order valence-corrected chi connectivity index (χ4v) is 7.51. The molecule has 1 N–H and O–H groups in total.